The van der Waals surface area contributed by atoms with Crippen LogP contribution in [-0.2, 0) is 4.79 Å². The number of amides is 1. The molecule has 10 heteroatoms. The molecule has 3 heterocycles. The Morgan fingerprint density at radius 1 is 1.25 bits per heavy atom. The number of aromatic nitrogens is 3. The third-order valence-electron chi connectivity index (χ3n) is 6.40. The van der Waals surface area contributed by atoms with E-state index in [0.29, 0.717) is 22.7 Å². The summed E-state index contributed by atoms with van der Waals surface area (Å²) in [5.41, 5.74) is 1.31. The number of piperidine rings is 1. The number of hydrogen-bond donors (Lipinski definition) is 2. The second-order valence-electron chi connectivity index (χ2n) is 10.7. The lowest BCUT2D eigenvalue weighted by molar-refractivity contribution is -0.119. The van der Waals surface area contributed by atoms with Crippen LogP contribution in [0.25, 0.3) is 16.2 Å². The first-order chi connectivity index (χ1) is 17.1. The van der Waals surface area contributed by atoms with Gasteiger partial charge in [-0.05, 0) is 77.8 Å². The number of imidazole rings is 1. The molecule has 8 nitrogen and oxygen atoms in total. The van der Waals surface area contributed by atoms with E-state index in [0.717, 1.165) is 30.0 Å². The van der Waals surface area contributed by atoms with Crippen molar-refractivity contribution in [3.05, 3.63) is 30.1 Å². The quantitative estimate of drug-likeness (QED) is 0.405. The van der Waals surface area contributed by atoms with Gasteiger partial charge in [-0.15, -0.1) is 5.10 Å². The van der Waals surface area contributed by atoms with E-state index in [-0.39, 0.29) is 23.8 Å². The van der Waals surface area contributed by atoms with Crippen molar-refractivity contribution in [1.82, 2.24) is 24.8 Å². The van der Waals surface area contributed by atoms with Crippen molar-refractivity contribution < 1.29 is 9.18 Å². The predicted molar refractivity (Wildman–Crippen MR) is 145 cm³/mol. The number of likely N-dealkylation sites (N-methyl/N-ethyl adjacent to an activating group) is 1. The van der Waals surface area contributed by atoms with Crippen LogP contribution in [0.2, 0.25) is 0 Å². The van der Waals surface area contributed by atoms with Crippen LogP contribution >= 0.6 is 11.3 Å². The first-order valence-corrected chi connectivity index (χ1v) is 13.6. The van der Waals surface area contributed by atoms with E-state index in [1.165, 1.54) is 49.3 Å². The zero-order valence-electron chi connectivity index (χ0n) is 22.0. The number of hydrogen-bond acceptors (Lipinski definition) is 7. The first-order valence-electron chi connectivity index (χ1n) is 12.8. The molecule has 0 saturated carbocycles. The molecule has 196 valence electrons. The highest BCUT2D eigenvalue weighted by molar-refractivity contribution is 7.20. The number of rotatable bonds is 9. The molecule has 1 fully saturated rings. The number of carbonyl (C=O) groups is 1. The largest absolute Gasteiger partial charge is 0.364 e. The molecule has 1 aromatic carbocycles. The van der Waals surface area contributed by atoms with E-state index >= 15 is 0 Å². The smallest absolute Gasteiger partial charge is 0.239 e. The van der Waals surface area contributed by atoms with Gasteiger partial charge in [-0.25, -0.2) is 9.37 Å². The molecular formula is C26H38FN7OS. The molecule has 1 amide bonds. The SMILES string of the molecule is CC1CCCCN1CCCNC(=O)CN(C)c1nn2c(NC(C)(C)C)c(-c3ccc(F)cc3)nc2s1. The van der Waals surface area contributed by atoms with Crippen LogP contribution in [-0.4, -0.2) is 70.2 Å². The average molecular weight is 516 g/mol. The molecule has 0 aliphatic carbocycles. The third-order valence-corrected chi connectivity index (χ3v) is 7.42. The third kappa shape index (κ3) is 6.53. The highest BCUT2D eigenvalue weighted by Crippen LogP contribution is 2.34. The maximum atomic E-state index is 13.5. The molecule has 4 rings (SSSR count). The minimum absolute atomic E-state index is 0.0166. The average Bonchev–Trinajstić information content (AvgIpc) is 3.37. The van der Waals surface area contributed by atoms with Crippen molar-refractivity contribution in [1.29, 1.82) is 0 Å². The summed E-state index contributed by atoms with van der Waals surface area (Å²) in [6.07, 6.45) is 4.83. The molecule has 1 aliphatic rings. The lowest BCUT2D eigenvalue weighted by atomic mass is 10.0. The lowest BCUT2D eigenvalue weighted by Gasteiger charge is -2.33. The molecule has 1 unspecified atom stereocenters. The summed E-state index contributed by atoms with van der Waals surface area (Å²) in [6.45, 7) is 11.6. The second-order valence-corrected chi connectivity index (χ2v) is 11.6. The van der Waals surface area contributed by atoms with Crippen molar-refractivity contribution in [2.24, 2.45) is 0 Å². The van der Waals surface area contributed by atoms with Gasteiger partial charge in [0.05, 0.1) is 6.54 Å². The van der Waals surface area contributed by atoms with Gasteiger partial charge >= 0.3 is 0 Å². The van der Waals surface area contributed by atoms with Gasteiger partial charge in [0, 0.05) is 37.3 Å². The Kier molecular flexibility index (Phi) is 8.14. The number of likely N-dealkylation sites (tertiary alicyclic amines) is 1. The van der Waals surface area contributed by atoms with Crippen LogP contribution in [0.5, 0.6) is 0 Å². The minimum atomic E-state index is -0.286. The summed E-state index contributed by atoms with van der Waals surface area (Å²) in [4.78, 5) is 22.4. The number of fused-ring (bicyclic) bond motifs is 1. The summed E-state index contributed by atoms with van der Waals surface area (Å²) >= 11 is 1.42. The number of nitrogens with zero attached hydrogens (tertiary/aromatic N) is 5. The van der Waals surface area contributed by atoms with Crippen LogP contribution in [0.15, 0.2) is 24.3 Å². The number of benzene rings is 1. The van der Waals surface area contributed by atoms with Crippen molar-refractivity contribution in [2.45, 2.75) is 65.0 Å². The fraction of sp³-hybridized carbons (Fsp3) is 0.577. The maximum absolute atomic E-state index is 13.5. The van der Waals surface area contributed by atoms with Gasteiger partial charge in [0.25, 0.3) is 0 Å². The molecule has 0 bridgehead atoms. The molecule has 1 saturated heterocycles. The predicted octanol–water partition coefficient (Wildman–Crippen LogP) is 4.62. The molecule has 1 atom stereocenters. The van der Waals surface area contributed by atoms with Gasteiger partial charge in [0.1, 0.15) is 11.5 Å². The van der Waals surface area contributed by atoms with Crippen LogP contribution < -0.4 is 15.5 Å². The van der Waals surface area contributed by atoms with Crippen molar-refractivity contribution in [3.63, 3.8) is 0 Å². The number of nitrogens with one attached hydrogen (secondary N) is 2. The molecule has 2 N–H and O–H groups in total. The molecule has 0 spiro atoms. The summed E-state index contributed by atoms with van der Waals surface area (Å²) in [6, 6.07) is 6.95. The van der Waals surface area contributed by atoms with E-state index in [2.05, 4.69) is 43.2 Å². The lowest BCUT2D eigenvalue weighted by Crippen LogP contribution is -2.40. The number of halogens is 1. The highest BCUT2D eigenvalue weighted by atomic mass is 32.1. The summed E-state index contributed by atoms with van der Waals surface area (Å²) in [5.74, 6) is 0.444. The zero-order valence-corrected chi connectivity index (χ0v) is 22.8. The van der Waals surface area contributed by atoms with Crippen LogP contribution in [0.3, 0.4) is 0 Å². The molecular weight excluding hydrogens is 477 g/mol. The first kappa shape index (κ1) is 26.3. The summed E-state index contributed by atoms with van der Waals surface area (Å²) in [5, 5.41) is 12.0. The number of anilines is 2. The van der Waals surface area contributed by atoms with Gasteiger partial charge in [0.15, 0.2) is 5.82 Å². The monoisotopic (exact) mass is 515 g/mol. The standard InChI is InChI=1S/C26H38FN7OS/c1-18-9-6-7-15-33(18)16-8-14-28-21(35)17-32(5)25-31-34-23(30-26(2,3)4)22(29-24(34)36-25)19-10-12-20(27)13-11-19/h10-13,18,30H,6-9,14-17H2,1-5H3,(H,28,35). The summed E-state index contributed by atoms with van der Waals surface area (Å²) in [7, 11) is 1.87. The Bertz CT molecular complexity index is 1170. The fourth-order valence-electron chi connectivity index (χ4n) is 4.51. The highest BCUT2D eigenvalue weighted by Gasteiger charge is 2.23. The molecule has 2 aromatic heterocycles. The van der Waals surface area contributed by atoms with Gasteiger partial charge in [0.2, 0.25) is 16.0 Å². The van der Waals surface area contributed by atoms with E-state index in [4.69, 9.17) is 10.1 Å². The van der Waals surface area contributed by atoms with Gasteiger partial charge < -0.3 is 20.4 Å². The van der Waals surface area contributed by atoms with Crippen molar-refractivity contribution in [2.75, 3.05) is 43.4 Å². The Morgan fingerprint density at radius 3 is 2.69 bits per heavy atom. The maximum Gasteiger partial charge on any atom is 0.239 e. The van der Waals surface area contributed by atoms with Gasteiger partial charge in [-0.3, -0.25) is 4.79 Å². The van der Waals surface area contributed by atoms with E-state index in [1.807, 2.05) is 11.9 Å². The van der Waals surface area contributed by atoms with Crippen LogP contribution in [0.4, 0.5) is 15.3 Å². The van der Waals surface area contributed by atoms with E-state index in [9.17, 15) is 9.18 Å². The zero-order chi connectivity index (χ0) is 25.9. The van der Waals surface area contributed by atoms with Crippen LogP contribution in [0, 0.1) is 5.82 Å². The molecule has 36 heavy (non-hydrogen) atoms. The molecule has 3 aromatic rings. The van der Waals surface area contributed by atoms with Gasteiger partial charge in [-0.2, -0.15) is 4.52 Å². The minimum Gasteiger partial charge on any atom is -0.364 e. The Morgan fingerprint density at radius 2 is 2.00 bits per heavy atom. The fourth-order valence-corrected chi connectivity index (χ4v) is 5.37. The van der Waals surface area contributed by atoms with Crippen LogP contribution in [0.1, 0.15) is 53.4 Å². The van der Waals surface area contributed by atoms with Gasteiger partial charge in [-0.1, -0.05) is 17.8 Å². The Hall–Kier alpha value is -2.72. The topological polar surface area (TPSA) is 77.8 Å². The van der Waals surface area contributed by atoms with E-state index < -0.39 is 0 Å². The normalized spacial score (nSPS) is 16.9. The Balaban J connectivity index is 1.40. The molecule has 0 radical (unpaired) electrons. The van der Waals surface area contributed by atoms with E-state index in [1.54, 1.807) is 16.6 Å². The van der Waals surface area contributed by atoms with Crippen molar-refractivity contribution in [3.8, 4) is 11.3 Å². The molecule has 1 aliphatic heterocycles. The summed E-state index contributed by atoms with van der Waals surface area (Å²) < 4.78 is 15.2. The van der Waals surface area contributed by atoms with Crippen molar-refractivity contribution >= 4 is 33.2 Å². The number of carbonyl (C=O) groups excluding carboxylic acids is 1. The Labute approximate surface area is 216 Å². The second kappa shape index (κ2) is 11.1.